The number of aryl methyl sites for hydroxylation is 4. The van der Waals surface area contributed by atoms with E-state index in [9.17, 15) is 19.2 Å². The van der Waals surface area contributed by atoms with Crippen LogP contribution in [0.1, 0.15) is 197 Å². The first-order valence-corrected chi connectivity index (χ1v) is 26.2. The van der Waals surface area contributed by atoms with Gasteiger partial charge in [-0.15, -0.1) is 0 Å². The van der Waals surface area contributed by atoms with Gasteiger partial charge in [-0.1, -0.05) is 38.0 Å². The second-order valence-corrected chi connectivity index (χ2v) is 23.4. The van der Waals surface area contributed by atoms with E-state index < -0.39 is 0 Å². The molecule has 74 heavy (non-hydrogen) atoms. The Morgan fingerprint density at radius 3 is 1.84 bits per heavy atom. The molecule has 6 heterocycles. The summed E-state index contributed by atoms with van der Waals surface area (Å²) in [6.07, 6.45) is 12.2. The highest BCUT2D eigenvalue weighted by Crippen LogP contribution is 2.40. The maximum absolute atomic E-state index is 13.6. The minimum atomic E-state index is -0.369. The smallest absolute Gasteiger partial charge is 0.253 e. The van der Waals surface area contributed by atoms with Gasteiger partial charge in [-0.3, -0.25) is 19.2 Å². The Kier molecular flexibility index (Phi) is 17.6. The molecule has 16 heteroatoms. The molecule has 0 atom stereocenters. The molecule has 16 nitrogen and oxygen atoms in total. The van der Waals surface area contributed by atoms with E-state index in [0.717, 1.165) is 84.1 Å². The number of carbonyl (C=O) groups is 2. The van der Waals surface area contributed by atoms with Crippen molar-refractivity contribution in [1.82, 2.24) is 41.2 Å². The zero-order chi connectivity index (χ0) is 54.5. The summed E-state index contributed by atoms with van der Waals surface area (Å²) in [6.45, 7) is 31.4. The fraction of sp³-hybridized carbons (Fsp3) is 0.517. The summed E-state index contributed by atoms with van der Waals surface area (Å²) in [7, 11) is 0. The van der Waals surface area contributed by atoms with Crippen molar-refractivity contribution in [2.45, 2.75) is 189 Å². The molecule has 1 saturated heterocycles. The third-order valence-corrected chi connectivity index (χ3v) is 14.1. The van der Waals surface area contributed by atoms with E-state index in [2.05, 4.69) is 110 Å². The minimum Gasteiger partial charge on any atom is -0.367 e. The summed E-state index contributed by atoms with van der Waals surface area (Å²) in [5.74, 6) is 0.569. The van der Waals surface area contributed by atoms with Crippen molar-refractivity contribution in [3.63, 3.8) is 0 Å². The van der Waals surface area contributed by atoms with Crippen LogP contribution in [-0.2, 0) is 19.5 Å². The van der Waals surface area contributed by atoms with Gasteiger partial charge in [0.1, 0.15) is 11.6 Å². The van der Waals surface area contributed by atoms with Crippen molar-refractivity contribution >= 4 is 41.5 Å². The molecule has 0 aromatic carbocycles. The number of hydrogen-bond acceptors (Lipinski definition) is 12. The fourth-order valence-corrected chi connectivity index (χ4v) is 11.3. The number of carbonyl (C=O) groups excluding carboxylic acids is 2. The number of piperidine rings is 1. The molecule has 1 saturated carbocycles. The molecule has 0 spiro atoms. The van der Waals surface area contributed by atoms with Gasteiger partial charge in [-0.2, -0.15) is 0 Å². The lowest BCUT2D eigenvalue weighted by Gasteiger charge is -2.46. The Morgan fingerprint density at radius 2 is 1.31 bits per heavy atom. The molecule has 10 N–H and O–H groups in total. The zero-order valence-corrected chi connectivity index (χ0v) is 46.2. The molecule has 0 bridgehead atoms. The summed E-state index contributed by atoms with van der Waals surface area (Å²) in [5, 5.41) is 36.2. The highest BCUT2D eigenvalue weighted by atomic mass is 16.2. The molecule has 1 aliphatic carbocycles. The van der Waals surface area contributed by atoms with Crippen LogP contribution >= 0.6 is 0 Å². The minimum absolute atomic E-state index is 0.0697. The van der Waals surface area contributed by atoms with Gasteiger partial charge in [0, 0.05) is 106 Å². The van der Waals surface area contributed by atoms with Gasteiger partial charge < -0.3 is 52.7 Å². The average molecular weight is 1010 g/mol. The third kappa shape index (κ3) is 14.4. The van der Waals surface area contributed by atoms with Crippen LogP contribution in [0.3, 0.4) is 0 Å². The fourth-order valence-electron chi connectivity index (χ4n) is 11.3. The summed E-state index contributed by atoms with van der Waals surface area (Å²) >= 11 is 0. The summed E-state index contributed by atoms with van der Waals surface area (Å²) in [4.78, 5) is 67.7. The van der Waals surface area contributed by atoms with Crippen LogP contribution in [0.5, 0.6) is 0 Å². The lowest BCUT2D eigenvalue weighted by molar-refractivity contribution is 0.0942. The standard InChI is InChI=1S/C29H42N6O2.C29H40N6O2/c1-17-11-18(2)32-27(37)23(17)16-31-26(36)21-12-24(19-13-28(3,4)35-29(5,6)14-19)34-25(22(21)15-30)33-20-9-7-8-10-20;1-9-20-10-18(4)23(27(37)33-20)16-32-26(36)21-11-24(19-12-28(5,6)35-29(7,8)13-19)34-25(22(21)14-30)31-15-17(2)3/h11-12,15,19-20,30,35H,7-10,13-14,16H2,1-6H3,(H,31,36)(H,32,37)(H,33,34);10-12,14,30,35H,2,9,13,15-16H2,1,3-8H3,(H,31,34)(H,32,36)(H,33,37). The predicted octanol–water partition coefficient (Wildman–Crippen LogP) is 9.18. The largest absolute Gasteiger partial charge is 0.367 e. The first kappa shape index (κ1) is 56.8. The van der Waals surface area contributed by atoms with E-state index in [1.165, 1.54) is 19.1 Å². The normalized spacial score (nSPS) is 17.8. The molecule has 0 radical (unpaired) electrons. The second-order valence-electron chi connectivity index (χ2n) is 23.4. The van der Waals surface area contributed by atoms with Crippen LogP contribution in [-0.4, -0.2) is 78.9 Å². The van der Waals surface area contributed by atoms with Gasteiger partial charge in [0.05, 0.1) is 16.8 Å². The Hall–Kier alpha value is -6.52. The summed E-state index contributed by atoms with van der Waals surface area (Å²) < 4.78 is 0. The molecule has 2 amide bonds. The van der Waals surface area contributed by atoms with Gasteiger partial charge >= 0.3 is 0 Å². The number of anilines is 2. The number of aromatic nitrogens is 4. The van der Waals surface area contributed by atoms with E-state index in [4.69, 9.17) is 20.8 Å². The SMILES string of the molecule is C=C(C)CNc1nc(C2=CC(C)(C)NC(C)(C)C2)cc(C(=O)NCc2c(C)cc(CC)[nH]c2=O)c1C=N.Cc1cc(C)c(CNC(=O)c2cc(C3CC(C)(C)NC(C)(C)C3)nc(NC3CCCC3)c2C=N)c(=O)[nH]1. The number of H-pyrrole nitrogens is 2. The Balaban J connectivity index is 0.000000241. The average Bonchev–Trinajstić information content (AvgIpc) is 3.80. The van der Waals surface area contributed by atoms with Crippen LogP contribution in [0, 0.1) is 31.6 Å². The van der Waals surface area contributed by atoms with Crippen molar-refractivity contribution in [1.29, 1.82) is 10.8 Å². The van der Waals surface area contributed by atoms with E-state index in [-0.39, 0.29) is 64.1 Å². The van der Waals surface area contributed by atoms with Crippen LogP contribution in [0.4, 0.5) is 11.6 Å². The van der Waals surface area contributed by atoms with Crippen molar-refractivity contribution in [2.24, 2.45) is 0 Å². The van der Waals surface area contributed by atoms with Gasteiger partial charge in [-0.25, -0.2) is 9.97 Å². The van der Waals surface area contributed by atoms with Crippen molar-refractivity contribution in [3.8, 4) is 0 Å². The molecule has 0 unspecified atom stereocenters. The molecular weight excluding hydrogens is 929 g/mol. The lowest BCUT2D eigenvalue weighted by atomic mass is 9.74. The van der Waals surface area contributed by atoms with Gasteiger partial charge in [0.25, 0.3) is 22.9 Å². The monoisotopic (exact) mass is 1010 g/mol. The highest BCUT2D eigenvalue weighted by molar-refractivity contribution is 6.05. The van der Waals surface area contributed by atoms with E-state index in [1.807, 2.05) is 52.8 Å². The quantitative estimate of drug-likeness (QED) is 0.0377. The van der Waals surface area contributed by atoms with Crippen molar-refractivity contribution < 1.29 is 9.59 Å². The van der Waals surface area contributed by atoms with E-state index in [0.29, 0.717) is 63.3 Å². The molecule has 2 fully saturated rings. The maximum Gasteiger partial charge on any atom is 0.253 e. The molecule has 398 valence electrons. The number of amides is 2. The van der Waals surface area contributed by atoms with Crippen LogP contribution < -0.4 is 43.0 Å². The van der Waals surface area contributed by atoms with Crippen molar-refractivity contribution in [2.75, 3.05) is 17.2 Å². The molecule has 3 aliphatic rings. The molecule has 2 aliphatic heterocycles. The Labute approximate surface area is 437 Å². The number of aromatic amines is 2. The summed E-state index contributed by atoms with van der Waals surface area (Å²) in [5.41, 5.74) is 8.57. The maximum atomic E-state index is 13.6. The molecular formula is C58H82N12O4. The van der Waals surface area contributed by atoms with E-state index >= 15 is 0 Å². The number of nitrogens with zero attached hydrogens (tertiary/aromatic N) is 2. The van der Waals surface area contributed by atoms with Gasteiger partial charge in [0.15, 0.2) is 0 Å². The number of pyridine rings is 4. The lowest BCUT2D eigenvalue weighted by Crippen LogP contribution is -2.57. The Morgan fingerprint density at radius 1 is 0.757 bits per heavy atom. The zero-order valence-electron chi connectivity index (χ0n) is 46.2. The summed E-state index contributed by atoms with van der Waals surface area (Å²) in [6, 6.07) is 7.75. The first-order chi connectivity index (χ1) is 34.6. The molecule has 4 aromatic heterocycles. The molecule has 4 aromatic rings. The second kappa shape index (κ2) is 22.9. The van der Waals surface area contributed by atoms with Crippen molar-refractivity contribution in [3.05, 3.63) is 130 Å². The third-order valence-electron chi connectivity index (χ3n) is 14.1. The Bertz CT molecular complexity index is 2940. The van der Waals surface area contributed by atoms with Crippen LogP contribution in [0.15, 0.2) is 52.1 Å². The number of hydrogen-bond donors (Lipinski definition) is 10. The first-order valence-electron chi connectivity index (χ1n) is 26.2. The van der Waals surface area contributed by atoms with Crippen LogP contribution in [0.25, 0.3) is 5.57 Å². The van der Waals surface area contributed by atoms with Crippen LogP contribution in [0.2, 0.25) is 0 Å². The van der Waals surface area contributed by atoms with Gasteiger partial charge in [-0.05, 0) is 163 Å². The molecule has 7 rings (SSSR count). The predicted molar refractivity (Wildman–Crippen MR) is 301 cm³/mol. The topological polar surface area (TPSA) is 246 Å². The van der Waals surface area contributed by atoms with Gasteiger partial charge in [0.2, 0.25) is 0 Å². The highest BCUT2D eigenvalue weighted by Gasteiger charge is 2.40. The number of nitrogens with one attached hydrogen (secondary N) is 10. The van der Waals surface area contributed by atoms with E-state index in [1.54, 1.807) is 6.07 Å². The number of rotatable bonds is 16.